The molecule has 0 spiro atoms. The monoisotopic (exact) mass is 366 g/mol. The van der Waals surface area contributed by atoms with Crippen molar-refractivity contribution in [3.8, 4) is 5.00 Å². The van der Waals surface area contributed by atoms with Gasteiger partial charge in [-0.15, -0.1) is 21.5 Å². The fourth-order valence-corrected chi connectivity index (χ4v) is 4.42. The predicted molar refractivity (Wildman–Crippen MR) is 100 cm³/mol. The van der Waals surface area contributed by atoms with E-state index in [1.54, 1.807) is 11.3 Å². The summed E-state index contributed by atoms with van der Waals surface area (Å²) in [5.41, 5.74) is 4.20. The third-order valence-corrected chi connectivity index (χ3v) is 5.66. The van der Waals surface area contributed by atoms with E-state index in [1.165, 1.54) is 0 Å². The summed E-state index contributed by atoms with van der Waals surface area (Å²) in [5.74, 6) is 0.829. The Morgan fingerprint density at radius 1 is 1.23 bits per heavy atom. The molecule has 4 rings (SSSR count). The molecule has 3 heterocycles. The Labute approximate surface area is 154 Å². The molecule has 1 aliphatic rings. The first-order valence-corrected chi connectivity index (χ1v) is 9.23. The number of nitrogens with zero attached hydrogens (tertiary/aromatic N) is 4. The first-order chi connectivity index (χ1) is 12.5. The molecule has 0 amide bonds. The molecule has 1 N–H and O–H groups in total. The molecule has 6 nitrogen and oxygen atoms in total. The van der Waals surface area contributed by atoms with Gasteiger partial charge in [-0.25, -0.2) is 0 Å². The third-order valence-electron chi connectivity index (χ3n) is 4.48. The molecule has 0 fully saturated rings. The van der Waals surface area contributed by atoms with Crippen LogP contribution in [0.2, 0.25) is 0 Å². The molecule has 0 saturated heterocycles. The van der Waals surface area contributed by atoms with Gasteiger partial charge in [0.2, 0.25) is 0 Å². The van der Waals surface area contributed by atoms with E-state index in [1.807, 2.05) is 23.6 Å². The van der Waals surface area contributed by atoms with Gasteiger partial charge >= 0.3 is 5.97 Å². The highest BCUT2D eigenvalue weighted by Crippen LogP contribution is 2.34. The fraction of sp³-hybridized carbons (Fsp3) is 0.263. The van der Waals surface area contributed by atoms with Gasteiger partial charge in [0.1, 0.15) is 17.4 Å². The lowest BCUT2D eigenvalue weighted by molar-refractivity contribution is -0.136. The minimum atomic E-state index is -0.789. The van der Waals surface area contributed by atoms with Crippen LogP contribution in [0.4, 0.5) is 0 Å². The lowest BCUT2D eigenvalue weighted by Crippen LogP contribution is -2.06. The van der Waals surface area contributed by atoms with Crippen molar-refractivity contribution in [2.45, 2.75) is 33.2 Å². The molecule has 0 aliphatic carbocycles. The highest BCUT2D eigenvalue weighted by atomic mass is 32.1. The zero-order valence-corrected chi connectivity index (χ0v) is 15.4. The number of aryl methyl sites for hydroxylation is 3. The van der Waals surface area contributed by atoms with Crippen molar-refractivity contribution in [2.24, 2.45) is 4.99 Å². The summed E-state index contributed by atoms with van der Waals surface area (Å²) >= 11 is 1.60. The molecule has 0 bridgehead atoms. The number of aromatic nitrogens is 3. The van der Waals surface area contributed by atoms with E-state index >= 15 is 0 Å². The Balaban J connectivity index is 1.89. The first kappa shape index (κ1) is 16.7. The normalized spacial score (nSPS) is 12.9. The highest BCUT2D eigenvalue weighted by Gasteiger charge is 2.25. The standard InChI is InChI=1S/C19H18N4O2S/c1-11-5-3-4-6-14(11)18-15-9-13(7-8-17(24)25)26-19(15)23-12(2)21-22-16(23)10-20-18/h3-6,9H,7-8,10H2,1-2H3,(H,24,25). The zero-order chi connectivity index (χ0) is 18.3. The number of thiophene rings is 1. The van der Waals surface area contributed by atoms with Crippen molar-refractivity contribution in [3.63, 3.8) is 0 Å². The van der Waals surface area contributed by atoms with Gasteiger partial charge in [-0.2, -0.15) is 0 Å². The molecule has 132 valence electrons. The van der Waals surface area contributed by atoms with Crippen LogP contribution in [0.1, 0.15) is 39.6 Å². The van der Waals surface area contributed by atoms with E-state index in [2.05, 4.69) is 35.3 Å². The summed E-state index contributed by atoms with van der Waals surface area (Å²) in [6, 6.07) is 10.3. The predicted octanol–water partition coefficient (Wildman–Crippen LogP) is 3.31. The number of carboxylic acid groups (broad SMARTS) is 1. The minimum absolute atomic E-state index is 0.115. The van der Waals surface area contributed by atoms with Gasteiger partial charge in [0.25, 0.3) is 0 Å². The zero-order valence-electron chi connectivity index (χ0n) is 14.6. The highest BCUT2D eigenvalue weighted by molar-refractivity contribution is 7.15. The topological polar surface area (TPSA) is 80.4 Å². The molecule has 1 aliphatic heterocycles. The third kappa shape index (κ3) is 2.84. The fourth-order valence-electron chi connectivity index (χ4n) is 3.20. The van der Waals surface area contributed by atoms with Crippen molar-refractivity contribution in [1.29, 1.82) is 0 Å². The number of carboxylic acids is 1. The van der Waals surface area contributed by atoms with Crippen LogP contribution in [-0.2, 0) is 17.8 Å². The SMILES string of the molecule is Cc1ccccc1C1=NCc2nnc(C)n2-c2sc(CCC(=O)O)cc21. The van der Waals surface area contributed by atoms with Crippen LogP contribution >= 0.6 is 11.3 Å². The maximum Gasteiger partial charge on any atom is 0.303 e. The Morgan fingerprint density at radius 2 is 2.04 bits per heavy atom. The summed E-state index contributed by atoms with van der Waals surface area (Å²) < 4.78 is 2.04. The van der Waals surface area contributed by atoms with E-state index in [-0.39, 0.29) is 6.42 Å². The molecule has 3 aromatic rings. The van der Waals surface area contributed by atoms with Crippen LogP contribution < -0.4 is 0 Å². The molecular weight excluding hydrogens is 348 g/mol. The van der Waals surface area contributed by atoms with Crippen molar-refractivity contribution in [2.75, 3.05) is 0 Å². The van der Waals surface area contributed by atoms with Crippen molar-refractivity contribution in [1.82, 2.24) is 14.8 Å². The Bertz CT molecular complexity index is 1030. The molecule has 0 saturated carbocycles. The number of fused-ring (bicyclic) bond motifs is 3. The molecule has 26 heavy (non-hydrogen) atoms. The summed E-state index contributed by atoms with van der Waals surface area (Å²) in [6.07, 6.45) is 0.620. The van der Waals surface area contributed by atoms with E-state index in [4.69, 9.17) is 10.1 Å². The van der Waals surface area contributed by atoms with Crippen LogP contribution in [0.25, 0.3) is 5.00 Å². The van der Waals surface area contributed by atoms with Crippen LogP contribution in [0.3, 0.4) is 0 Å². The second-order valence-corrected chi connectivity index (χ2v) is 7.42. The average Bonchev–Trinajstić information content (AvgIpc) is 3.14. The van der Waals surface area contributed by atoms with Crippen molar-refractivity contribution < 1.29 is 9.90 Å². The molecule has 2 aromatic heterocycles. The minimum Gasteiger partial charge on any atom is -0.481 e. The van der Waals surface area contributed by atoms with Crippen LogP contribution in [-0.4, -0.2) is 31.6 Å². The molecule has 7 heteroatoms. The van der Waals surface area contributed by atoms with Crippen LogP contribution in [0.5, 0.6) is 0 Å². The van der Waals surface area contributed by atoms with Crippen molar-refractivity contribution >= 4 is 23.0 Å². The quantitative estimate of drug-likeness (QED) is 0.768. The number of rotatable bonds is 4. The average molecular weight is 366 g/mol. The van der Waals surface area contributed by atoms with Crippen molar-refractivity contribution in [3.05, 3.63) is 63.5 Å². The molecule has 0 radical (unpaired) electrons. The number of hydrogen-bond donors (Lipinski definition) is 1. The van der Waals surface area contributed by atoms with E-state index in [9.17, 15) is 4.79 Å². The van der Waals surface area contributed by atoms with Crippen LogP contribution in [0.15, 0.2) is 35.3 Å². The van der Waals surface area contributed by atoms with Gasteiger partial charge in [0.15, 0.2) is 5.82 Å². The number of aliphatic imine (C=N–C) groups is 1. The molecule has 0 atom stereocenters. The lowest BCUT2D eigenvalue weighted by Gasteiger charge is -2.09. The van der Waals surface area contributed by atoms with Gasteiger partial charge in [-0.3, -0.25) is 14.4 Å². The maximum atomic E-state index is 11.0. The first-order valence-electron chi connectivity index (χ1n) is 8.41. The summed E-state index contributed by atoms with van der Waals surface area (Å²) in [5, 5.41) is 18.5. The second kappa shape index (κ2) is 6.49. The molecular formula is C19H18N4O2S. The van der Waals surface area contributed by atoms with Gasteiger partial charge in [0.05, 0.1) is 12.1 Å². The Hall–Kier alpha value is -2.80. The number of hydrogen-bond acceptors (Lipinski definition) is 5. The molecule has 0 unspecified atom stereocenters. The summed E-state index contributed by atoms with van der Waals surface area (Å²) in [6.45, 7) is 4.47. The maximum absolute atomic E-state index is 11.0. The number of benzene rings is 1. The lowest BCUT2D eigenvalue weighted by atomic mass is 9.99. The van der Waals surface area contributed by atoms with Gasteiger partial charge in [-0.05, 0) is 31.9 Å². The largest absolute Gasteiger partial charge is 0.481 e. The summed E-state index contributed by atoms with van der Waals surface area (Å²) in [4.78, 5) is 16.8. The number of carbonyl (C=O) groups is 1. The van der Waals surface area contributed by atoms with E-state index in [0.717, 1.165) is 43.9 Å². The second-order valence-electron chi connectivity index (χ2n) is 6.30. The summed E-state index contributed by atoms with van der Waals surface area (Å²) in [7, 11) is 0. The smallest absolute Gasteiger partial charge is 0.303 e. The van der Waals surface area contributed by atoms with Gasteiger partial charge < -0.3 is 5.11 Å². The van der Waals surface area contributed by atoms with Crippen LogP contribution in [0, 0.1) is 13.8 Å². The van der Waals surface area contributed by atoms with Gasteiger partial charge in [-0.1, -0.05) is 24.3 Å². The van der Waals surface area contributed by atoms with E-state index < -0.39 is 5.97 Å². The number of aliphatic carboxylic acids is 1. The Kier molecular flexibility index (Phi) is 4.16. The van der Waals surface area contributed by atoms with E-state index in [0.29, 0.717) is 13.0 Å². The molecule has 1 aromatic carbocycles. The van der Waals surface area contributed by atoms with Gasteiger partial charge in [0, 0.05) is 16.0 Å². The Morgan fingerprint density at radius 3 is 2.81 bits per heavy atom.